The molecule has 0 spiro atoms. The predicted molar refractivity (Wildman–Crippen MR) is 71.9 cm³/mol. The molecule has 0 heterocycles. The molecule has 2 aromatic carbocycles. The fraction of sp³-hybridized carbons (Fsp3) is 0.375. The fourth-order valence-corrected chi connectivity index (χ4v) is 2.39. The van der Waals surface area contributed by atoms with Gasteiger partial charge < -0.3 is 0 Å². The summed E-state index contributed by atoms with van der Waals surface area (Å²) in [5.41, 5.74) is 2.52. The number of hydrogen-bond acceptors (Lipinski definition) is 0. The average molecular weight is 248 g/mol. The average Bonchev–Trinajstić information content (AvgIpc) is 2.33. The SMILES string of the molecule is CCCc1cc2cc(F)c(F)cc2cc1CCC. The molecule has 0 aliphatic carbocycles. The quantitative estimate of drug-likeness (QED) is 0.712. The van der Waals surface area contributed by atoms with E-state index in [2.05, 4.69) is 13.8 Å². The Hall–Kier alpha value is -1.44. The molecule has 0 fully saturated rings. The Bertz CT molecular complexity index is 508. The molecule has 0 aliphatic rings. The van der Waals surface area contributed by atoms with E-state index in [9.17, 15) is 8.78 Å². The summed E-state index contributed by atoms with van der Waals surface area (Å²) in [7, 11) is 0. The van der Waals surface area contributed by atoms with Crippen LogP contribution in [0.15, 0.2) is 24.3 Å². The Morgan fingerprint density at radius 2 is 1.11 bits per heavy atom. The molecule has 0 saturated carbocycles. The van der Waals surface area contributed by atoms with Gasteiger partial charge in [0, 0.05) is 0 Å². The zero-order valence-corrected chi connectivity index (χ0v) is 10.9. The van der Waals surface area contributed by atoms with Gasteiger partial charge in [-0.25, -0.2) is 8.78 Å². The van der Waals surface area contributed by atoms with Crippen LogP contribution in [0.2, 0.25) is 0 Å². The second kappa shape index (κ2) is 5.47. The molecule has 96 valence electrons. The van der Waals surface area contributed by atoms with Crippen LogP contribution in [0.5, 0.6) is 0 Å². The van der Waals surface area contributed by atoms with E-state index >= 15 is 0 Å². The van der Waals surface area contributed by atoms with Crippen LogP contribution in [-0.2, 0) is 12.8 Å². The summed E-state index contributed by atoms with van der Waals surface area (Å²) in [6, 6.07) is 6.60. The van der Waals surface area contributed by atoms with E-state index < -0.39 is 11.6 Å². The van der Waals surface area contributed by atoms with Gasteiger partial charge in [-0.3, -0.25) is 0 Å². The third-order valence-electron chi connectivity index (χ3n) is 3.24. The Balaban J connectivity index is 2.60. The molecule has 0 unspecified atom stereocenters. The largest absolute Gasteiger partial charge is 0.204 e. The van der Waals surface area contributed by atoms with Crippen LogP contribution in [0, 0.1) is 11.6 Å². The lowest BCUT2D eigenvalue weighted by molar-refractivity contribution is 0.511. The minimum Gasteiger partial charge on any atom is -0.204 e. The van der Waals surface area contributed by atoms with Crippen LogP contribution in [0.25, 0.3) is 10.8 Å². The highest BCUT2D eigenvalue weighted by atomic mass is 19.2. The van der Waals surface area contributed by atoms with E-state index in [0.717, 1.165) is 36.5 Å². The molecule has 0 N–H and O–H groups in total. The standard InChI is InChI=1S/C16H18F2/c1-3-5-11-7-13-9-15(17)16(18)10-14(13)8-12(11)6-4-2/h7-10H,3-6H2,1-2H3. The minimum atomic E-state index is -0.770. The second-order valence-corrected chi connectivity index (χ2v) is 4.73. The van der Waals surface area contributed by atoms with Gasteiger partial charge in [0.25, 0.3) is 0 Å². The van der Waals surface area contributed by atoms with Crippen LogP contribution in [-0.4, -0.2) is 0 Å². The van der Waals surface area contributed by atoms with Crippen LogP contribution >= 0.6 is 0 Å². The van der Waals surface area contributed by atoms with Crippen molar-refractivity contribution in [2.75, 3.05) is 0 Å². The van der Waals surface area contributed by atoms with Gasteiger partial charge in [0.1, 0.15) is 0 Å². The van der Waals surface area contributed by atoms with Crippen molar-refractivity contribution in [3.63, 3.8) is 0 Å². The van der Waals surface area contributed by atoms with Crippen LogP contribution in [0.3, 0.4) is 0 Å². The van der Waals surface area contributed by atoms with E-state index in [1.807, 2.05) is 12.1 Å². The predicted octanol–water partition coefficient (Wildman–Crippen LogP) is 5.02. The van der Waals surface area contributed by atoms with Crippen LogP contribution < -0.4 is 0 Å². The summed E-state index contributed by atoms with van der Waals surface area (Å²) < 4.78 is 26.5. The monoisotopic (exact) mass is 248 g/mol. The van der Waals surface area contributed by atoms with Gasteiger partial charge in [0.05, 0.1) is 0 Å². The maximum Gasteiger partial charge on any atom is 0.159 e. The van der Waals surface area contributed by atoms with Gasteiger partial charge in [-0.15, -0.1) is 0 Å². The molecule has 0 saturated heterocycles. The summed E-state index contributed by atoms with van der Waals surface area (Å²) in [6.07, 6.45) is 4.10. The van der Waals surface area contributed by atoms with Crippen molar-refractivity contribution >= 4 is 10.8 Å². The Morgan fingerprint density at radius 3 is 1.44 bits per heavy atom. The molecule has 0 nitrogen and oxygen atoms in total. The number of hydrogen-bond donors (Lipinski definition) is 0. The van der Waals surface area contributed by atoms with Gasteiger partial charge in [-0.1, -0.05) is 38.8 Å². The zero-order valence-electron chi connectivity index (χ0n) is 10.9. The fourth-order valence-electron chi connectivity index (χ4n) is 2.39. The summed E-state index contributed by atoms with van der Waals surface area (Å²) in [6.45, 7) is 4.26. The van der Waals surface area contributed by atoms with E-state index in [1.165, 1.54) is 23.3 Å². The molecular formula is C16H18F2. The molecule has 0 amide bonds. The van der Waals surface area contributed by atoms with E-state index in [1.54, 1.807) is 0 Å². The summed E-state index contributed by atoms with van der Waals surface area (Å²) in [5, 5.41) is 1.58. The molecular weight excluding hydrogens is 230 g/mol. The van der Waals surface area contributed by atoms with Gasteiger partial charge >= 0.3 is 0 Å². The normalized spacial score (nSPS) is 11.1. The van der Waals surface area contributed by atoms with Gasteiger partial charge in [-0.05, 0) is 46.9 Å². The smallest absolute Gasteiger partial charge is 0.159 e. The minimum absolute atomic E-state index is 0.770. The number of fused-ring (bicyclic) bond motifs is 1. The number of rotatable bonds is 4. The first kappa shape index (κ1) is 13.0. The lowest BCUT2D eigenvalue weighted by Crippen LogP contribution is -1.95. The molecule has 18 heavy (non-hydrogen) atoms. The summed E-state index contributed by atoms with van der Waals surface area (Å²) >= 11 is 0. The first-order chi connectivity index (χ1) is 8.65. The Kier molecular flexibility index (Phi) is 3.95. The molecule has 2 aromatic rings. The third-order valence-corrected chi connectivity index (χ3v) is 3.24. The molecule has 0 radical (unpaired) electrons. The molecule has 2 heteroatoms. The first-order valence-electron chi connectivity index (χ1n) is 6.56. The van der Waals surface area contributed by atoms with E-state index in [4.69, 9.17) is 0 Å². The van der Waals surface area contributed by atoms with E-state index in [-0.39, 0.29) is 0 Å². The number of halogens is 2. The molecule has 0 atom stereocenters. The van der Waals surface area contributed by atoms with E-state index in [0.29, 0.717) is 0 Å². The first-order valence-corrected chi connectivity index (χ1v) is 6.56. The van der Waals surface area contributed by atoms with Gasteiger partial charge in [0.15, 0.2) is 11.6 Å². The third kappa shape index (κ3) is 2.53. The number of benzene rings is 2. The topological polar surface area (TPSA) is 0 Å². The molecule has 0 bridgehead atoms. The lowest BCUT2D eigenvalue weighted by Gasteiger charge is -2.11. The van der Waals surface area contributed by atoms with Crippen molar-refractivity contribution in [1.29, 1.82) is 0 Å². The summed E-state index contributed by atoms with van der Waals surface area (Å²) in [4.78, 5) is 0. The highest BCUT2D eigenvalue weighted by Crippen LogP contribution is 2.24. The maximum atomic E-state index is 13.2. The summed E-state index contributed by atoms with van der Waals surface area (Å²) in [5.74, 6) is -1.54. The van der Waals surface area contributed by atoms with Gasteiger partial charge in [0.2, 0.25) is 0 Å². The molecule has 2 rings (SSSR count). The van der Waals surface area contributed by atoms with Crippen molar-refractivity contribution in [2.24, 2.45) is 0 Å². The highest BCUT2D eigenvalue weighted by Gasteiger charge is 2.08. The molecule has 0 aliphatic heterocycles. The number of aryl methyl sites for hydroxylation is 2. The maximum absolute atomic E-state index is 13.2. The zero-order chi connectivity index (χ0) is 13.1. The molecule has 0 aromatic heterocycles. The lowest BCUT2D eigenvalue weighted by atomic mass is 9.95. The van der Waals surface area contributed by atoms with Crippen molar-refractivity contribution in [1.82, 2.24) is 0 Å². The van der Waals surface area contributed by atoms with Crippen LogP contribution in [0.1, 0.15) is 37.8 Å². The van der Waals surface area contributed by atoms with Crippen LogP contribution in [0.4, 0.5) is 8.78 Å². The van der Waals surface area contributed by atoms with Crippen molar-refractivity contribution in [3.8, 4) is 0 Å². The Labute approximate surface area is 107 Å². The second-order valence-electron chi connectivity index (χ2n) is 4.73. The van der Waals surface area contributed by atoms with Gasteiger partial charge in [-0.2, -0.15) is 0 Å². The van der Waals surface area contributed by atoms with Crippen molar-refractivity contribution in [2.45, 2.75) is 39.5 Å². The van der Waals surface area contributed by atoms with Crippen molar-refractivity contribution in [3.05, 3.63) is 47.0 Å². The van der Waals surface area contributed by atoms with Crippen molar-refractivity contribution < 1.29 is 8.78 Å². The Morgan fingerprint density at radius 1 is 0.722 bits per heavy atom. The highest BCUT2D eigenvalue weighted by molar-refractivity contribution is 5.84.